The standard InChI is InChI=1S/C48H31N7/c1-5-17-32(18-6-1)43-49-44(33-19-7-2-8-20-33)52-47(51-43)36-29-30-42(55-40-27-15-13-25-37(40)38-26-14-16-28-41(38)55)39(31-36)48-53-45(34-21-9-3-10-22-34)50-46(54-48)35-23-11-4-12-24-35/h1-31H/i1D,2D,5D,6D,7D,8D,17D,18D,19D,20D. The maximum absolute atomic E-state index is 8.82. The highest BCUT2D eigenvalue weighted by molar-refractivity contribution is 6.09. The third-order valence-electron chi connectivity index (χ3n) is 9.10. The molecule has 0 atom stereocenters. The van der Waals surface area contributed by atoms with Gasteiger partial charge < -0.3 is 4.57 Å². The van der Waals surface area contributed by atoms with Gasteiger partial charge in [-0.25, -0.2) is 29.9 Å². The molecule has 7 heteroatoms. The lowest BCUT2D eigenvalue weighted by Crippen LogP contribution is -2.05. The Morgan fingerprint density at radius 3 is 1.24 bits per heavy atom. The Labute approximate surface area is 331 Å². The molecule has 10 aromatic rings. The van der Waals surface area contributed by atoms with Gasteiger partial charge in [0.1, 0.15) is 0 Å². The first-order valence-corrected chi connectivity index (χ1v) is 17.3. The smallest absolute Gasteiger partial charge is 0.166 e. The van der Waals surface area contributed by atoms with Gasteiger partial charge in [0.05, 0.1) is 30.4 Å². The predicted molar refractivity (Wildman–Crippen MR) is 220 cm³/mol. The Morgan fingerprint density at radius 1 is 0.345 bits per heavy atom. The molecule has 55 heavy (non-hydrogen) atoms. The van der Waals surface area contributed by atoms with Crippen LogP contribution in [0.15, 0.2) is 188 Å². The first-order valence-electron chi connectivity index (χ1n) is 22.3. The van der Waals surface area contributed by atoms with Crippen molar-refractivity contribution in [1.82, 2.24) is 34.5 Å². The highest BCUT2D eigenvalue weighted by atomic mass is 15.1. The monoisotopic (exact) mass is 715 g/mol. The summed E-state index contributed by atoms with van der Waals surface area (Å²) in [5.41, 5.74) is 4.03. The number of rotatable bonds is 7. The van der Waals surface area contributed by atoms with E-state index in [4.69, 9.17) is 38.6 Å². The zero-order chi connectivity index (χ0) is 45.3. The molecule has 0 bridgehead atoms. The Bertz CT molecular complexity index is 3310. The fourth-order valence-corrected chi connectivity index (χ4v) is 6.61. The van der Waals surface area contributed by atoms with Crippen molar-refractivity contribution in [3.8, 4) is 74.0 Å². The minimum atomic E-state index is -0.636. The predicted octanol–water partition coefficient (Wildman–Crippen LogP) is 11.2. The van der Waals surface area contributed by atoms with Crippen molar-refractivity contribution in [1.29, 1.82) is 0 Å². The summed E-state index contributed by atoms with van der Waals surface area (Å²) < 4.78 is 87.5. The Morgan fingerprint density at radius 2 is 0.745 bits per heavy atom. The highest BCUT2D eigenvalue weighted by Gasteiger charge is 2.21. The van der Waals surface area contributed by atoms with Crippen LogP contribution in [0.1, 0.15) is 13.7 Å². The third kappa shape index (κ3) is 5.99. The van der Waals surface area contributed by atoms with E-state index < -0.39 is 60.4 Å². The van der Waals surface area contributed by atoms with Crippen molar-refractivity contribution in [3.63, 3.8) is 0 Å². The summed E-state index contributed by atoms with van der Waals surface area (Å²) in [5.74, 6) is 0.237. The SMILES string of the molecule is [2H]c1c([2H])c([2H])c(-c2nc(-c3ccc(-n4c5ccccc5c5ccccc54)c(-c4nc(-c5ccccc5)nc(-c5ccccc5)n4)c3)nc(-c3c([2H])c([2H])c([2H])c([2H])c3[2H])n2)c([2H])c1[2H]. The maximum atomic E-state index is 8.82. The average Bonchev–Trinajstić information content (AvgIpc) is 3.68. The van der Waals surface area contributed by atoms with Gasteiger partial charge in [-0.15, -0.1) is 0 Å². The highest BCUT2D eigenvalue weighted by Crippen LogP contribution is 2.38. The van der Waals surface area contributed by atoms with Crippen LogP contribution in [0.4, 0.5) is 0 Å². The van der Waals surface area contributed by atoms with E-state index in [-0.39, 0.29) is 34.4 Å². The van der Waals surface area contributed by atoms with Crippen LogP contribution in [0.3, 0.4) is 0 Å². The minimum absolute atomic E-state index is 0.0979. The number of aromatic nitrogens is 7. The number of fused-ring (bicyclic) bond motifs is 3. The van der Waals surface area contributed by atoms with E-state index in [0.29, 0.717) is 28.5 Å². The summed E-state index contributed by atoms with van der Waals surface area (Å²) in [4.78, 5) is 29.0. The number of hydrogen-bond acceptors (Lipinski definition) is 6. The van der Waals surface area contributed by atoms with Crippen molar-refractivity contribution in [2.24, 2.45) is 0 Å². The van der Waals surface area contributed by atoms with E-state index in [1.54, 1.807) is 12.1 Å². The van der Waals surface area contributed by atoms with E-state index in [1.807, 2.05) is 103 Å². The summed E-state index contributed by atoms with van der Waals surface area (Å²) >= 11 is 0. The van der Waals surface area contributed by atoms with Crippen LogP contribution in [0.2, 0.25) is 0 Å². The van der Waals surface area contributed by atoms with Gasteiger partial charge in [0, 0.05) is 44.2 Å². The molecular formula is C48H31N7. The van der Waals surface area contributed by atoms with Crippen molar-refractivity contribution in [2.75, 3.05) is 0 Å². The fraction of sp³-hybridized carbons (Fsp3) is 0. The van der Waals surface area contributed by atoms with Crippen LogP contribution in [-0.2, 0) is 0 Å². The third-order valence-corrected chi connectivity index (χ3v) is 9.10. The molecule has 10 rings (SSSR count). The van der Waals surface area contributed by atoms with Gasteiger partial charge >= 0.3 is 0 Å². The summed E-state index contributed by atoms with van der Waals surface area (Å²) in [6.07, 6.45) is 0. The van der Waals surface area contributed by atoms with E-state index in [9.17, 15) is 0 Å². The van der Waals surface area contributed by atoms with Crippen molar-refractivity contribution in [2.45, 2.75) is 0 Å². The summed E-state index contributed by atoms with van der Waals surface area (Å²) in [6, 6.07) is 34.2. The quantitative estimate of drug-likeness (QED) is 0.163. The van der Waals surface area contributed by atoms with E-state index >= 15 is 0 Å². The van der Waals surface area contributed by atoms with Gasteiger partial charge in [0.15, 0.2) is 34.9 Å². The first kappa shape index (κ1) is 23.1. The number of benzene rings is 7. The zero-order valence-corrected chi connectivity index (χ0v) is 28.8. The molecule has 0 saturated carbocycles. The lowest BCUT2D eigenvalue weighted by Gasteiger charge is -2.16. The van der Waals surface area contributed by atoms with Crippen LogP contribution in [0.5, 0.6) is 0 Å². The number of para-hydroxylation sites is 2. The van der Waals surface area contributed by atoms with Gasteiger partial charge in [0.25, 0.3) is 0 Å². The Balaban J connectivity index is 1.31. The van der Waals surface area contributed by atoms with Crippen LogP contribution in [-0.4, -0.2) is 34.5 Å². The molecule has 0 aliphatic heterocycles. The molecule has 0 aliphatic carbocycles. The molecule has 0 spiro atoms. The van der Waals surface area contributed by atoms with Gasteiger partial charge in [-0.3, -0.25) is 0 Å². The van der Waals surface area contributed by atoms with Crippen LogP contribution in [0.25, 0.3) is 95.8 Å². The topological polar surface area (TPSA) is 82.3 Å². The maximum Gasteiger partial charge on any atom is 0.166 e. The molecule has 3 aromatic heterocycles. The lowest BCUT2D eigenvalue weighted by atomic mass is 10.1. The molecule has 0 N–H and O–H groups in total. The zero-order valence-electron chi connectivity index (χ0n) is 38.8. The average molecular weight is 716 g/mol. The van der Waals surface area contributed by atoms with Crippen molar-refractivity contribution >= 4 is 21.8 Å². The molecule has 0 aliphatic rings. The van der Waals surface area contributed by atoms with Crippen LogP contribution < -0.4 is 0 Å². The van der Waals surface area contributed by atoms with E-state index in [1.165, 1.54) is 0 Å². The van der Waals surface area contributed by atoms with Gasteiger partial charge in [-0.05, 0) is 30.3 Å². The van der Waals surface area contributed by atoms with Crippen LogP contribution in [0, 0.1) is 0 Å². The van der Waals surface area contributed by atoms with Gasteiger partial charge in [-0.1, -0.05) is 157 Å². The molecule has 7 aromatic carbocycles. The number of nitrogens with zero attached hydrogens (tertiary/aromatic N) is 7. The van der Waals surface area contributed by atoms with Gasteiger partial charge in [0.2, 0.25) is 0 Å². The molecule has 0 amide bonds. The van der Waals surface area contributed by atoms with Crippen LogP contribution >= 0.6 is 0 Å². The molecule has 0 unspecified atom stereocenters. The Hall–Kier alpha value is -7.64. The molecule has 258 valence electrons. The van der Waals surface area contributed by atoms with Crippen molar-refractivity contribution < 1.29 is 13.7 Å². The number of hydrogen-bond donors (Lipinski definition) is 0. The fourth-order valence-electron chi connectivity index (χ4n) is 6.61. The molecule has 0 fully saturated rings. The second-order valence-corrected chi connectivity index (χ2v) is 12.4. The minimum Gasteiger partial charge on any atom is -0.309 e. The van der Waals surface area contributed by atoms with E-state index in [2.05, 4.69) is 21.7 Å². The van der Waals surface area contributed by atoms with Gasteiger partial charge in [-0.2, -0.15) is 0 Å². The van der Waals surface area contributed by atoms with Crippen molar-refractivity contribution in [3.05, 3.63) is 188 Å². The molecule has 0 radical (unpaired) electrons. The summed E-state index contributed by atoms with van der Waals surface area (Å²) in [6.45, 7) is 0. The first-order chi connectivity index (χ1) is 31.4. The normalized spacial score (nSPS) is 13.8. The van der Waals surface area contributed by atoms with E-state index in [0.717, 1.165) is 32.9 Å². The largest absolute Gasteiger partial charge is 0.309 e. The molecule has 7 nitrogen and oxygen atoms in total. The Kier molecular flexibility index (Phi) is 5.77. The summed E-state index contributed by atoms with van der Waals surface area (Å²) in [7, 11) is 0. The molecular weight excluding hydrogens is 675 g/mol. The lowest BCUT2D eigenvalue weighted by molar-refractivity contribution is 1.06. The molecule has 3 heterocycles. The summed E-state index contributed by atoms with van der Waals surface area (Å²) in [5, 5.41) is 2.01. The molecule has 0 saturated heterocycles. The second kappa shape index (κ2) is 13.7. The second-order valence-electron chi connectivity index (χ2n) is 12.4.